The predicted molar refractivity (Wildman–Crippen MR) is 77.2 cm³/mol. The summed E-state index contributed by atoms with van der Waals surface area (Å²) in [6.07, 6.45) is 2.22. The Hall–Kier alpha value is -1.75. The van der Waals surface area contributed by atoms with Gasteiger partial charge in [0.05, 0.1) is 19.8 Å². The Kier molecular flexibility index (Phi) is 4.18. The minimum absolute atomic E-state index is 0.209. The fraction of sp³-hybridized carbons (Fsp3) is 0.533. The zero-order valence-electron chi connectivity index (χ0n) is 12.2. The number of amides is 1. The molecule has 1 aliphatic rings. The van der Waals surface area contributed by atoms with Crippen LogP contribution in [0.1, 0.15) is 30.1 Å². The smallest absolute Gasteiger partial charge is 0.259 e. The summed E-state index contributed by atoms with van der Waals surface area (Å²) in [5.41, 5.74) is 5.88. The summed E-state index contributed by atoms with van der Waals surface area (Å²) in [5, 5.41) is 3.05. The van der Waals surface area contributed by atoms with Crippen LogP contribution in [-0.2, 0) is 0 Å². The summed E-state index contributed by atoms with van der Waals surface area (Å²) in [5.74, 6) is 1.24. The molecule has 1 atom stereocenters. The molecule has 5 nitrogen and oxygen atoms in total. The number of nitrogens with one attached hydrogen (secondary N) is 1. The molecule has 1 aliphatic carbocycles. The molecule has 3 N–H and O–H groups in total. The first-order valence-corrected chi connectivity index (χ1v) is 6.79. The topological polar surface area (TPSA) is 73.6 Å². The van der Waals surface area contributed by atoms with E-state index in [1.54, 1.807) is 18.2 Å². The third kappa shape index (κ3) is 2.72. The van der Waals surface area contributed by atoms with Gasteiger partial charge in [0, 0.05) is 6.54 Å². The fourth-order valence-corrected chi connectivity index (χ4v) is 2.44. The van der Waals surface area contributed by atoms with Crippen LogP contribution in [-0.4, -0.2) is 32.2 Å². The highest BCUT2D eigenvalue weighted by Crippen LogP contribution is 2.39. The number of methoxy groups -OCH3 is 2. The van der Waals surface area contributed by atoms with Gasteiger partial charge < -0.3 is 20.5 Å². The van der Waals surface area contributed by atoms with E-state index in [0.29, 0.717) is 29.5 Å². The van der Waals surface area contributed by atoms with Crippen LogP contribution in [0.15, 0.2) is 18.2 Å². The molecule has 1 aromatic rings. The molecule has 1 unspecified atom stereocenters. The Labute approximate surface area is 119 Å². The molecule has 5 heteroatoms. The van der Waals surface area contributed by atoms with Crippen LogP contribution in [0.25, 0.3) is 0 Å². The number of hydrogen-bond acceptors (Lipinski definition) is 4. The molecule has 1 aromatic carbocycles. The number of nitrogens with two attached hydrogens (primary N) is 1. The SMILES string of the molecule is COc1cccc(OC)c1C(=O)NC(C)(CN)C1CC1. The molecule has 2 rings (SSSR count). The molecule has 110 valence electrons. The van der Waals surface area contributed by atoms with Gasteiger partial charge in [-0.2, -0.15) is 0 Å². The van der Waals surface area contributed by atoms with E-state index in [-0.39, 0.29) is 11.4 Å². The summed E-state index contributed by atoms with van der Waals surface area (Å²) < 4.78 is 10.5. The highest BCUT2D eigenvalue weighted by atomic mass is 16.5. The van der Waals surface area contributed by atoms with E-state index in [9.17, 15) is 4.79 Å². The molecular formula is C15H22N2O3. The van der Waals surface area contributed by atoms with Gasteiger partial charge in [0.15, 0.2) is 0 Å². The van der Waals surface area contributed by atoms with Crippen molar-refractivity contribution < 1.29 is 14.3 Å². The van der Waals surface area contributed by atoms with Crippen molar-refractivity contribution in [2.24, 2.45) is 11.7 Å². The Morgan fingerprint density at radius 1 is 1.35 bits per heavy atom. The second-order valence-electron chi connectivity index (χ2n) is 5.39. The lowest BCUT2D eigenvalue weighted by Crippen LogP contribution is -2.53. The number of carbonyl (C=O) groups excluding carboxylic acids is 1. The van der Waals surface area contributed by atoms with Crippen molar-refractivity contribution in [3.63, 3.8) is 0 Å². The molecule has 0 radical (unpaired) electrons. The van der Waals surface area contributed by atoms with Gasteiger partial charge in [0.2, 0.25) is 0 Å². The molecule has 0 saturated heterocycles. The van der Waals surface area contributed by atoms with Crippen LogP contribution < -0.4 is 20.5 Å². The minimum atomic E-state index is -0.372. The lowest BCUT2D eigenvalue weighted by Gasteiger charge is -2.30. The van der Waals surface area contributed by atoms with Crippen LogP contribution in [0, 0.1) is 5.92 Å². The lowest BCUT2D eigenvalue weighted by atomic mass is 9.95. The van der Waals surface area contributed by atoms with Gasteiger partial charge in [0.1, 0.15) is 17.1 Å². The second kappa shape index (κ2) is 5.71. The number of ether oxygens (including phenoxy) is 2. The average molecular weight is 278 g/mol. The van der Waals surface area contributed by atoms with Crippen molar-refractivity contribution in [1.82, 2.24) is 5.32 Å². The first-order valence-electron chi connectivity index (χ1n) is 6.79. The van der Waals surface area contributed by atoms with Gasteiger partial charge >= 0.3 is 0 Å². The molecule has 20 heavy (non-hydrogen) atoms. The van der Waals surface area contributed by atoms with Crippen molar-refractivity contribution in [3.05, 3.63) is 23.8 Å². The van der Waals surface area contributed by atoms with E-state index in [1.165, 1.54) is 14.2 Å². The van der Waals surface area contributed by atoms with E-state index in [4.69, 9.17) is 15.2 Å². The third-order valence-corrected chi connectivity index (χ3v) is 3.96. The minimum Gasteiger partial charge on any atom is -0.496 e. The molecule has 0 bridgehead atoms. The quantitative estimate of drug-likeness (QED) is 0.828. The van der Waals surface area contributed by atoms with E-state index < -0.39 is 0 Å². The van der Waals surface area contributed by atoms with Crippen molar-refractivity contribution in [1.29, 1.82) is 0 Å². The number of rotatable bonds is 6. The van der Waals surface area contributed by atoms with Crippen LogP contribution in [0.5, 0.6) is 11.5 Å². The number of hydrogen-bond donors (Lipinski definition) is 2. The summed E-state index contributed by atoms with van der Waals surface area (Å²) in [6.45, 7) is 2.41. The van der Waals surface area contributed by atoms with Crippen molar-refractivity contribution in [2.45, 2.75) is 25.3 Å². The standard InChI is InChI=1S/C15H22N2O3/c1-15(9-16,10-7-8-10)17-14(18)13-11(19-2)5-4-6-12(13)20-3/h4-6,10H,7-9,16H2,1-3H3,(H,17,18). The highest BCUT2D eigenvalue weighted by molar-refractivity contribution is 6.00. The summed E-state index contributed by atoms with van der Waals surface area (Å²) >= 11 is 0. The average Bonchev–Trinajstić information content (AvgIpc) is 3.30. The Bertz CT molecular complexity index is 478. The van der Waals surface area contributed by atoms with Crippen LogP contribution in [0.2, 0.25) is 0 Å². The van der Waals surface area contributed by atoms with Crippen LogP contribution >= 0.6 is 0 Å². The lowest BCUT2D eigenvalue weighted by molar-refractivity contribution is 0.0891. The molecule has 0 aliphatic heterocycles. The van der Waals surface area contributed by atoms with E-state index in [2.05, 4.69) is 5.32 Å². The van der Waals surface area contributed by atoms with E-state index >= 15 is 0 Å². The molecule has 1 saturated carbocycles. The van der Waals surface area contributed by atoms with Gasteiger partial charge in [0.25, 0.3) is 5.91 Å². The normalized spacial score (nSPS) is 17.2. The van der Waals surface area contributed by atoms with Crippen molar-refractivity contribution in [2.75, 3.05) is 20.8 Å². The Balaban J connectivity index is 2.28. The molecule has 0 spiro atoms. The first kappa shape index (κ1) is 14.7. The van der Waals surface area contributed by atoms with Gasteiger partial charge in [-0.3, -0.25) is 4.79 Å². The van der Waals surface area contributed by atoms with E-state index in [1.807, 2.05) is 6.92 Å². The zero-order chi connectivity index (χ0) is 14.8. The largest absolute Gasteiger partial charge is 0.496 e. The van der Waals surface area contributed by atoms with Crippen LogP contribution in [0.3, 0.4) is 0 Å². The zero-order valence-corrected chi connectivity index (χ0v) is 12.2. The molecule has 0 aromatic heterocycles. The maximum absolute atomic E-state index is 12.6. The highest BCUT2D eigenvalue weighted by Gasteiger charge is 2.42. The number of carbonyl (C=O) groups is 1. The molecular weight excluding hydrogens is 256 g/mol. The number of benzene rings is 1. The molecule has 1 fully saturated rings. The maximum atomic E-state index is 12.6. The molecule has 1 amide bonds. The van der Waals surface area contributed by atoms with Gasteiger partial charge in [-0.25, -0.2) is 0 Å². The second-order valence-corrected chi connectivity index (χ2v) is 5.39. The summed E-state index contributed by atoms with van der Waals surface area (Å²) in [6, 6.07) is 5.28. The van der Waals surface area contributed by atoms with Crippen LogP contribution in [0.4, 0.5) is 0 Å². The summed E-state index contributed by atoms with van der Waals surface area (Å²) in [4.78, 5) is 12.6. The maximum Gasteiger partial charge on any atom is 0.259 e. The predicted octanol–water partition coefficient (Wildman–Crippen LogP) is 1.56. The van der Waals surface area contributed by atoms with Gasteiger partial charge in [-0.15, -0.1) is 0 Å². The van der Waals surface area contributed by atoms with Gasteiger partial charge in [-0.1, -0.05) is 6.07 Å². The fourth-order valence-electron chi connectivity index (χ4n) is 2.44. The monoisotopic (exact) mass is 278 g/mol. The van der Waals surface area contributed by atoms with Gasteiger partial charge in [-0.05, 0) is 37.8 Å². The Morgan fingerprint density at radius 3 is 2.30 bits per heavy atom. The summed E-state index contributed by atoms with van der Waals surface area (Å²) in [7, 11) is 3.07. The first-order chi connectivity index (χ1) is 9.55. The third-order valence-electron chi connectivity index (χ3n) is 3.96. The Morgan fingerprint density at radius 2 is 1.90 bits per heavy atom. The van der Waals surface area contributed by atoms with E-state index in [0.717, 1.165) is 12.8 Å². The molecule has 0 heterocycles. The van der Waals surface area contributed by atoms with Crippen molar-refractivity contribution in [3.8, 4) is 11.5 Å². The van der Waals surface area contributed by atoms with Crippen molar-refractivity contribution >= 4 is 5.91 Å².